The normalized spacial score (nSPS) is 17.4. The molecule has 2 aromatic carbocycles. The molecule has 9 nitrogen and oxygen atoms in total. The topological polar surface area (TPSA) is 128 Å². The molecule has 9 heteroatoms. The van der Waals surface area contributed by atoms with Crippen molar-refractivity contribution in [2.75, 3.05) is 17.2 Å². The molecular formula is C19H17N3O6. The molecule has 1 heterocycles. The summed E-state index contributed by atoms with van der Waals surface area (Å²) in [5.74, 6) is -2.00. The molecule has 0 fully saturated rings. The summed E-state index contributed by atoms with van der Waals surface area (Å²) in [7, 11) is 0. The number of amides is 2. The standard InChI is InChI=1S/C19H17N3O6/c1-3-28-18(25)19(2)12-9-15(22(26)27)14(10-13(12)21-17(19)24)20-16(23)11-7-5-4-6-8-11/h4-10H,3H2,1-2H3,(H,20,23)(H,21,24). The zero-order chi connectivity index (χ0) is 20.5. The highest BCUT2D eigenvalue weighted by Crippen LogP contribution is 2.43. The van der Waals surface area contributed by atoms with Crippen molar-refractivity contribution in [2.45, 2.75) is 19.3 Å². The van der Waals surface area contributed by atoms with Crippen LogP contribution < -0.4 is 10.6 Å². The molecule has 0 saturated carbocycles. The molecule has 0 aliphatic carbocycles. The second-order valence-electron chi connectivity index (χ2n) is 6.29. The minimum absolute atomic E-state index is 0.0599. The summed E-state index contributed by atoms with van der Waals surface area (Å²) >= 11 is 0. The summed E-state index contributed by atoms with van der Waals surface area (Å²) in [6.45, 7) is 3.00. The van der Waals surface area contributed by atoms with Gasteiger partial charge in [-0.15, -0.1) is 0 Å². The number of hydrogen-bond acceptors (Lipinski definition) is 6. The number of esters is 1. The molecule has 2 aromatic rings. The Bertz CT molecular complexity index is 989. The van der Waals surface area contributed by atoms with E-state index in [0.29, 0.717) is 5.56 Å². The summed E-state index contributed by atoms with van der Waals surface area (Å²) in [4.78, 5) is 48.0. The maximum Gasteiger partial charge on any atom is 0.326 e. The highest BCUT2D eigenvalue weighted by atomic mass is 16.6. The number of ether oxygens (including phenoxy) is 1. The summed E-state index contributed by atoms with van der Waals surface area (Å²) in [5, 5.41) is 16.6. The fourth-order valence-corrected chi connectivity index (χ4v) is 2.99. The minimum atomic E-state index is -1.71. The lowest BCUT2D eigenvalue weighted by Crippen LogP contribution is -2.40. The lowest BCUT2D eigenvalue weighted by atomic mass is 9.83. The summed E-state index contributed by atoms with van der Waals surface area (Å²) in [6.07, 6.45) is 0. The Labute approximate surface area is 159 Å². The van der Waals surface area contributed by atoms with E-state index < -0.39 is 33.8 Å². The first kappa shape index (κ1) is 19.0. The van der Waals surface area contributed by atoms with Crippen molar-refractivity contribution in [2.24, 2.45) is 0 Å². The van der Waals surface area contributed by atoms with Gasteiger partial charge in [0.1, 0.15) is 5.69 Å². The van der Waals surface area contributed by atoms with Crippen LogP contribution in [-0.4, -0.2) is 29.3 Å². The molecule has 2 N–H and O–H groups in total. The summed E-state index contributed by atoms with van der Waals surface area (Å²) < 4.78 is 4.97. The fourth-order valence-electron chi connectivity index (χ4n) is 2.99. The van der Waals surface area contributed by atoms with Gasteiger partial charge in [-0.3, -0.25) is 24.5 Å². The highest BCUT2D eigenvalue weighted by Gasteiger charge is 2.51. The molecule has 1 atom stereocenters. The lowest BCUT2D eigenvalue weighted by molar-refractivity contribution is -0.384. The van der Waals surface area contributed by atoms with Gasteiger partial charge >= 0.3 is 5.97 Å². The number of fused-ring (bicyclic) bond motifs is 1. The third kappa shape index (κ3) is 3.07. The van der Waals surface area contributed by atoms with Crippen LogP contribution in [0.15, 0.2) is 42.5 Å². The molecule has 0 saturated heterocycles. The number of nitrogens with one attached hydrogen (secondary N) is 2. The van der Waals surface area contributed by atoms with E-state index in [1.54, 1.807) is 37.3 Å². The van der Waals surface area contributed by atoms with Crippen LogP contribution in [0.1, 0.15) is 29.8 Å². The van der Waals surface area contributed by atoms with Gasteiger partial charge in [-0.05, 0) is 32.0 Å². The Hall–Kier alpha value is -3.75. The van der Waals surface area contributed by atoms with Crippen LogP contribution in [0.25, 0.3) is 0 Å². The molecule has 1 aliphatic heterocycles. The van der Waals surface area contributed by atoms with Crippen LogP contribution in [-0.2, 0) is 19.7 Å². The van der Waals surface area contributed by atoms with Crippen molar-refractivity contribution in [1.29, 1.82) is 0 Å². The van der Waals surface area contributed by atoms with E-state index in [1.807, 2.05) is 0 Å². The van der Waals surface area contributed by atoms with E-state index in [4.69, 9.17) is 4.74 Å². The van der Waals surface area contributed by atoms with Gasteiger partial charge in [0.15, 0.2) is 5.41 Å². The number of nitro groups is 1. The number of carbonyl (C=O) groups excluding carboxylic acids is 3. The smallest absolute Gasteiger partial charge is 0.326 e. The highest BCUT2D eigenvalue weighted by molar-refractivity contribution is 6.19. The predicted molar refractivity (Wildman–Crippen MR) is 100 cm³/mol. The van der Waals surface area contributed by atoms with Crippen molar-refractivity contribution < 1.29 is 24.0 Å². The predicted octanol–water partition coefficient (Wildman–Crippen LogP) is 2.62. The van der Waals surface area contributed by atoms with E-state index in [0.717, 1.165) is 6.07 Å². The van der Waals surface area contributed by atoms with Gasteiger partial charge in [-0.2, -0.15) is 0 Å². The molecule has 3 rings (SSSR count). The third-order valence-electron chi connectivity index (χ3n) is 4.54. The molecule has 0 radical (unpaired) electrons. The third-order valence-corrected chi connectivity index (χ3v) is 4.54. The van der Waals surface area contributed by atoms with Gasteiger partial charge in [0.2, 0.25) is 5.91 Å². The van der Waals surface area contributed by atoms with Gasteiger partial charge in [-0.25, -0.2) is 0 Å². The average Bonchev–Trinajstić information content (AvgIpc) is 2.92. The van der Waals surface area contributed by atoms with Crippen molar-refractivity contribution in [3.05, 3.63) is 63.7 Å². The number of rotatable bonds is 5. The fraction of sp³-hybridized carbons (Fsp3) is 0.211. The first-order chi connectivity index (χ1) is 13.3. The van der Waals surface area contributed by atoms with Gasteiger partial charge in [0, 0.05) is 22.9 Å². The summed E-state index contributed by atoms with van der Waals surface area (Å²) in [6, 6.07) is 10.6. The van der Waals surface area contributed by atoms with Crippen molar-refractivity contribution in [3.63, 3.8) is 0 Å². The number of nitrogens with zero attached hydrogens (tertiary/aromatic N) is 1. The lowest BCUT2D eigenvalue weighted by Gasteiger charge is -2.19. The number of hydrogen-bond donors (Lipinski definition) is 2. The van der Waals surface area contributed by atoms with Crippen LogP contribution in [0.4, 0.5) is 17.1 Å². The number of nitro benzene ring substituents is 1. The van der Waals surface area contributed by atoms with E-state index >= 15 is 0 Å². The van der Waals surface area contributed by atoms with Crippen LogP contribution in [0.2, 0.25) is 0 Å². The van der Waals surface area contributed by atoms with Crippen LogP contribution in [0.5, 0.6) is 0 Å². The number of carbonyl (C=O) groups is 3. The molecular weight excluding hydrogens is 366 g/mol. The Balaban J connectivity index is 2.05. The van der Waals surface area contributed by atoms with Gasteiger partial charge < -0.3 is 15.4 Å². The summed E-state index contributed by atoms with van der Waals surface area (Å²) in [5.41, 5.74) is -1.59. The monoisotopic (exact) mass is 383 g/mol. The molecule has 144 valence electrons. The first-order valence-electron chi connectivity index (χ1n) is 8.47. The molecule has 28 heavy (non-hydrogen) atoms. The first-order valence-corrected chi connectivity index (χ1v) is 8.47. The molecule has 0 spiro atoms. The van der Waals surface area contributed by atoms with Crippen LogP contribution in [0.3, 0.4) is 0 Å². The largest absolute Gasteiger partial charge is 0.465 e. The Morgan fingerprint density at radius 3 is 2.54 bits per heavy atom. The zero-order valence-corrected chi connectivity index (χ0v) is 15.1. The minimum Gasteiger partial charge on any atom is -0.465 e. The van der Waals surface area contributed by atoms with Crippen LogP contribution in [0, 0.1) is 10.1 Å². The maximum absolute atomic E-state index is 12.4. The van der Waals surface area contributed by atoms with Crippen molar-refractivity contribution in [1.82, 2.24) is 0 Å². The Morgan fingerprint density at radius 1 is 1.25 bits per heavy atom. The van der Waals surface area contributed by atoms with Crippen LogP contribution >= 0.6 is 0 Å². The molecule has 2 amide bonds. The second kappa shape index (κ2) is 7.10. The molecule has 1 unspecified atom stereocenters. The van der Waals surface area contributed by atoms with Gasteiger partial charge in [0.25, 0.3) is 11.6 Å². The van der Waals surface area contributed by atoms with E-state index in [-0.39, 0.29) is 23.5 Å². The van der Waals surface area contributed by atoms with E-state index in [2.05, 4.69) is 10.6 Å². The Morgan fingerprint density at radius 2 is 1.93 bits per heavy atom. The van der Waals surface area contributed by atoms with E-state index in [9.17, 15) is 24.5 Å². The molecule has 0 aromatic heterocycles. The molecule has 1 aliphatic rings. The van der Waals surface area contributed by atoms with Crippen molar-refractivity contribution >= 4 is 34.8 Å². The quantitative estimate of drug-likeness (QED) is 0.354. The number of benzene rings is 2. The zero-order valence-electron chi connectivity index (χ0n) is 15.1. The van der Waals surface area contributed by atoms with Gasteiger partial charge in [-0.1, -0.05) is 18.2 Å². The second-order valence-corrected chi connectivity index (χ2v) is 6.29. The molecule has 0 bridgehead atoms. The number of anilines is 2. The van der Waals surface area contributed by atoms with E-state index in [1.165, 1.54) is 13.0 Å². The Kier molecular flexibility index (Phi) is 4.83. The maximum atomic E-state index is 12.4. The average molecular weight is 383 g/mol. The van der Waals surface area contributed by atoms with Gasteiger partial charge in [0.05, 0.1) is 11.5 Å². The SMILES string of the molecule is CCOC(=O)C1(C)C(=O)Nc2cc(NC(=O)c3ccccc3)c([N+](=O)[O-])cc21. The van der Waals surface area contributed by atoms with Crippen molar-refractivity contribution in [3.8, 4) is 0 Å².